The molecule has 7 heteroatoms. The molecule has 2 atom stereocenters. The fraction of sp³-hybridized carbons (Fsp3) is 0.533. The lowest BCUT2D eigenvalue weighted by atomic mass is 10.2. The maximum atomic E-state index is 12.2. The maximum Gasteiger partial charge on any atom is 0.242 e. The summed E-state index contributed by atoms with van der Waals surface area (Å²) in [5.74, 6) is -0.268. The predicted octanol–water partition coefficient (Wildman–Crippen LogP) is -0.0521. The fourth-order valence-electron chi connectivity index (χ4n) is 2.54. The first-order valence-electron chi connectivity index (χ1n) is 7.57. The third-order valence-corrected chi connectivity index (χ3v) is 3.66. The van der Waals surface area contributed by atoms with Crippen LogP contribution < -0.4 is 16.4 Å². The lowest BCUT2D eigenvalue weighted by Crippen LogP contribution is -2.50. The molecule has 0 bridgehead atoms. The Labute approximate surface area is 130 Å². The molecule has 2 rings (SSSR count). The highest BCUT2D eigenvalue weighted by Gasteiger charge is 2.34. The van der Waals surface area contributed by atoms with Gasteiger partial charge in [0.25, 0.3) is 0 Å². The van der Waals surface area contributed by atoms with E-state index in [1.165, 1.54) is 0 Å². The minimum Gasteiger partial charge on any atom is -0.383 e. The quantitative estimate of drug-likeness (QED) is 0.640. The number of amides is 2. The highest BCUT2D eigenvalue weighted by Crippen LogP contribution is 2.18. The van der Waals surface area contributed by atoms with Crippen LogP contribution >= 0.6 is 0 Å². The number of likely N-dealkylation sites (tertiary alicyclic amines) is 1. The summed E-state index contributed by atoms with van der Waals surface area (Å²) in [6, 6.07) is 2.77. The van der Waals surface area contributed by atoms with Crippen molar-refractivity contribution in [2.45, 2.75) is 31.8 Å². The van der Waals surface area contributed by atoms with E-state index in [-0.39, 0.29) is 17.9 Å². The third kappa shape index (κ3) is 4.17. The number of pyridine rings is 1. The number of carbonyl (C=O) groups is 2. The zero-order valence-electron chi connectivity index (χ0n) is 12.8. The van der Waals surface area contributed by atoms with Gasteiger partial charge in [-0.05, 0) is 31.9 Å². The van der Waals surface area contributed by atoms with E-state index in [2.05, 4.69) is 15.6 Å². The summed E-state index contributed by atoms with van der Waals surface area (Å²) < 4.78 is 0. The minimum absolute atomic E-state index is 0.108. The zero-order chi connectivity index (χ0) is 15.9. The average molecular weight is 305 g/mol. The predicted molar refractivity (Wildman–Crippen MR) is 84.1 cm³/mol. The van der Waals surface area contributed by atoms with Gasteiger partial charge in [0, 0.05) is 37.7 Å². The van der Waals surface area contributed by atoms with Crippen LogP contribution in [0, 0.1) is 0 Å². The Morgan fingerprint density at radius 1 is 1.41 bits per heavy atom. The van der Waals surface area contributed by atoms with Gasteiger partial charge in [0.1, 0.15) is 6.04 Å². The highest BCUT2D eigenvalue weighted by atomic mass is 16.2. The van der Waals surface area contributed by atoms with E-state index in [4.69, 9.17) is 5.73 Å². The molecule has 1 saturated heterocycles. The summed E-state index contributed by atoms with van der Waals surface area (Å²) in [5, 5.41) is 6.05. The van der Waals surface area contributed by atoms with Crippen LogP contribution in [0.3, 0.4) is 0 Å². The van der Waals surface area contributed by atoms with Crippen LogP contribution in [0.4, 0.5) is 5.69 Å². The molecule has 1 aromatic heterocycles. The number of hydrogen-bond acceptors (Lipinski definition) is 5. The molecule has 4 N–H and O–H groups in total. The van der Waals surface area contributed by atoms with Gasteiger partial charge in [-0.1, -0.05) is 0 Å². The van der Waals surface area contributed by atoms with Crippen molar-refractivity contribution in [1.82, 2.24) is 15.2 Å². The van der Waals surface area contributed by atoms with Crippen LogP contribution in [0.5, 0.6) is 0 Å². The number of carbonyl (C=O) groups excluding carboxylic acids is 2. The third-order valence-electron chi connectivity index (χ3n) is 3.66. The van der Waals surface area contributed by atoms with Crippen molar-refractivity contribution in [1.29, 1.82) is 0 Å². The summed E-state index contributed by atoms with van der Waals surface area (Å²) >= 11 is 0. The van der Waals surface area contributed by atoms with Gasteiger partial charge < -0.3 is 21.3 Å². The van der Waals surface area contributed by atoms with Gasteiger partial charge >= 0.3 is 0 Å². The van der Waals surface area contributed by atoms with Crippen LogP contribution in [0.1, 0.15) is 19.8 Å². The van der Waals surface area contributed by atoms with Crippen LogP contribution in [0.25, 0.3) is 0 Å². The molecule has 0 radical (unpaired) electrons. The second kappa shape index (κ2) is 7.74. The van der Waals surface area contributed by atoms with Crippen molar-refractivity contribution in [2.24, 2.45) is 5.73 Å². The topological polar surface area (TPSA) is 100 Å². The first kappa shape index (κ1) is 16.2. The molecule has 1 aliphatic rings. The van der Waals surface area contributed by atoms with Gasteiger partial charge in [-0.2, -0.15) is 0 Å². The molecule has 120 valence electrons. The highest BCUT2D eigenvalue weighted by molar-refractivity contribution is 5.90. The van der Waals surface area contributed by atoms with E-state index in [1.807, 2.05) is 12.1 Å². The molecular formula is C15H23N5O2. The van der Waals surface area contributed by atoms with Crippen molar-refractivity contribution < 1.29 is 9.59 Å². The summed E-state index contributed by atoms with van der Waals surface area (Å²) in [7, 11) is 0. The van der Waals surface area contributed by atoms with Crippen molar-refractivity contribution in [3.8, 4) is 0 Å². The molecular weight excluding hydrogens is 282 g/mol. The Balaban J connectivity index is 1.76. The molecule has 0 aromatic carbocycles. The van der Waals surface area contributed by atoms with E-state index in [1.54, 1.807) is 24.2 Å². The molecule has 0 aliphatic carbocycles. The Bertz CT molecular complexity index is 506. The van der Waals surface area contributed by atoms with E-state index in [9.17, 15) is 9.59 Å². The number of anilines is 1. The largest absolute Gasteiger partial charge is 0.383 e. The van der Waals surface area contributed by atoms with Gasteiger partial charge in [0.2, 0.25) is 11.8 Å². The SMILES string of the molecule is C[C@@H](N)C(=O)N1CCC[C@H]1C(=O)NCCNc1ccncc1. The smallest absolute Gasteiger partial charge is 0.242 e. The lowest BCUT2D eigenvalue weighted by Gasteiger charge is -2.25. The van der Waals surface area contributed by atoms with E-state index in [0.717, 1.165) is 12.1 Å². The summed E-state index contributed by atoms with van der Waals surface area (Å²) in [6.07, 6.45) is 4.95. The number of nitrogens with zero attached hydrogens (tertiary/aromatic N) is 2. The first-order valence-corrected chi connectivity index (χ1v) is 7.57. The zero-order valence-corrected chi connectivity index (χ0v) is 12.8. The average Bonchev–Trinajstić information content (AvgIpc) is 3.01. The number of aromatic nitrogens is 1. The molecule has 2 heterocycles. The van der Waals surface area contributed by atoms with Gasteiger partial charge in [0.05, 0.1) is 6.04 Å². The van der Waals surface area contributed by atoms with Crippen molar-refractivity contribution >= 4 is 17.5 Å². The molecule has 0 saturated carbocycles. The molecule has 1 aliphatic heterocycles. The Hall–Kier alpha value is -2.15. The van der Waals surface area contributed by atoms with Crippen molar-refractivity contribution in [3.05, 3.63) is 24.5 Å². The molecule has 0 unspecified atom stereocenters. The summed E-state index contributed by atoms with van der Waals surface area (Å²) in [6.45, 7) is 3.36. The number of hydrogen-bond donors (Lipinski definition) is 3. The van der Waals surface area contributed by atoms with Crippen molar-refractivity contribution in [2.75, 3.05) is 25.0 Å². The standard InChI is InChI=1S/C15H23N5O2/c1-11(16)15(22)20-10-2-3-13(20)14(21)19-9-8-18-12-4-6-17-7-5-12/h4-7,11,13H,2-3,8-10,16H2,1H3,(H,17,18)(H,19,21)/t11-,13+/m1/s1. The summed E-state index contributed by atoms with van der Waals surface area (Å²) in [4.78, 5) is 29.7. The Kier molecular flexibility index (Phi) is 5.71. The number of rotatable bonds is 6. The van der Waals surface area contributed by atoms with Crippen LogP contribution in [-0.2, 0) is 9.59 Å². The van der Waals surface area contributed by atoms with Gasteiger partial charge in [-0.15, -0.1) is 0 Å². The number of nitrogens with two attached hydrogens (primary N) is 1. The van der Waals surface area contributed by atoms with Gasteiger partial charge in [0.15, 0.2) is 0 Å². The van der Waals surface area contributed by atoms with E-state index in [0.29, 0.717) is 26.1 Å². The normalized spacial score (nSPS) is 18.8. The molecule has 7 nitrogen and oxygen atoms in total. The van der Waals surface area contributed by atoms with Crippen LogP contribution in [0.2, 0.25) is 0 Å². The maximum absolute atomic E-state index is 12.2. The fourth-order valence-corrected chi connectivity index (χ4v) is 2.54. The molecule has 22 heavy (non-hydrogen) atoms. The second-order valence-corrected chi connectivity index (χ2v) is 5.43. The first-order chi connectivity index (χ1) is 10.6. The van der Waals surface area contributed by atoms with E-state index >= 15 is 0 Å². The number of nitrogens with one attached hydrogen (secondary N) is 2. The molecule has 0 spiro atoms. The lowest BCUT2D eigenvalue weighted by molar-refractivity contribution is -0.139. The van der Waals surface area contributed by atoms with E-state index < -0.39 is 6.04 Å². The van der Waals surface area contributed by atoms with Crippen LogP contribution in [-0.4, -0.2) is 53.4 Å². The summed E-state index contributed by atoms with van der Waals surface area (Å²) in [5.41, 5.74) is 6.58. The van der Waals surface area contributed by atoms with Gasteiger partial charge in [-0.25, -0.2) is 0 Å². The Morgan fingerprint density at radius 2 is 2.14 bits per heavy atom. The monoisotopic (exact) mass is 305 g/mol. The van der Waals surface area contributed by atoms with Crippen LogP contribution in [0.15, 0.2) is 24.5 Å². The second-order valence-electron chi connectivity index (χ2n) is 5.43. The molecule has 1 fully saturated rings. The van der Waals surface area contributed by atoms with Crippen molar-refractivity contribution in [3.63, 3.8) is 0 Å². The minimum atomic E-state index is -0.568. The Morgan fingerprint density at radius 3 is 2.82 bits per heavy atom. The van der Waals surface area contributed by atoms with Gasteiger partial charge in [-0.3, -0.25) is 14.6 Å². The molecule has 2 amide bonds. The molecule has 1 aromatic rings.